The van der Waals surface area contributed by atoms with Crippen LogP contribution in [0.3, 0.4) is 0 Å². The summed E-state index contributed by atoms with van der Waals surface area (Å²) >= 11 is 0.788. The third-order valence-corrected chi connectivity index (χ3v) is 5.38. The number of nitrogens with one attached hydrogen (secondary N) is 1. The fraction of sp³-hybridized carbons (Fsp3) is 0.227. The van der Waals surface area contributed by atoms with Crippen molar-refractivity contribution in [3.63, 3.8) is 0 Å². The minimum absolute atomic E-state index is 0.240. The summed E-state index contributed by atoms with van der Waals surface area (Å²) < 4.78 is 5.16. The van der Waals surface area contributed by atoms with Crippen molar-refractivity contribution in [1.82, 2.24) is 10.2 Å². The first-order chi connectivity index (χ1) is 14.5. The highest BCUT2D eigenvalue weighted by Crippen LogP contribution is 2.32. The van der Waals surface area contributed by atoms with Crippen molar-refractivity contribution >= 4 is 34.9 Å². The van der Waals surface area contributed by atoms with Crippen LogP contribution < -0.4 is 10.1 Å². The zero-order valence-corrected chi connectivity index (χ0v) is 17.2. The molecule has 7 nitrogen and oxygen atoms in total. The van der Waals surface area contributed by atoms with E-state index >= 15 is 0 Å². The molecule has 156 valence electrons. The molecule has 1 fully saturated rings. The molecule has 0 bridgehead atoms. The number of hydrogen-bond donors (Lipinski definition) is 2. The Morgan fingerprint density at radius 1 is 1.20 bits per heavy atom. The Kier molecular flexibility index (Phi) is 7.26. The number of nitrogens with zero attached hydrogens (tertiary/aromatic N) is 1. The Hall–Kier alpha value is -3.10. The number of aliphatic hydroxyl groups is 1. The number of methoxy groups -OCH3 is 1. The molecule has 3 rings (SSSR count). The lowest BCUT2D eigenvalue weighted by Gasteiger charge is -2.18. The summed E-state index contributed by atoms with van der Waals surface area (Å²) in [4.78, 5) is 38.4. The van der Waals surface area contributed by atoms with Gasteiger partial charge in [-0.2, -0.15) is 0 Å². The largest absolute Gasteiger partial charge is 0.497 e. The Morgan fingerprint density at radius 2 is 1.97 bits per heavy atom. The number of rotatable bonds is 8. The van der Waals surface area contributed by atoms with E-state index in [-0.39, 0.29) is 11.5 Å². The maximum Gasteiger partial charge on any atom is 0.294 e. The average molecular weight is 426 g/mol. The van der Waals surface area contributed by atoms with E-state index in [9.17, 15) is 19.5 Å². The molecule has 1 aliphatic heterocycles. The third kappa shape index (κ3) is 5.49. The fourth-order valence-electron chi connectivity index (χ4n) is 3.00. The fourth-order valence-corrected chi connectivity index (χ4v) is 3.83. The Morgan fingerprint density at radius 3 is 2.67 bits per heavy atom. The summed E-state index contributed by atoms with van der Waals surface area (Å²) in [7, 11) is 1.54. The Labute approximate surface area is 178 Å². The van der Waals surface area contributed by atoms with Crippen LogP contribution in [0.15, 0.2) is 59.5 Å². The number of carbonyl (C=O) groups is 3. The second-order valence-electron chi connectivity index (χ2n) is 6.68. The van der Waals surface area contributed by atoms with E-state index in [1.165, 1.54) is 0 Å². The summed E-state index contributed by atoms with van der Waals surface area (Å²) in [5.41, 5.74) is 1.68. The van der Waals surface area contributed by atoms with Crippen molar-refractivity contribution in [3.05, 3.63) is 70.6 Å². The molecule has 0 aliphatic carbocycles. The number of amides is 3. The molecule has 0 saturated carbocycles. The molecule has 1 heterocycles. The topological polar surface area (TPSA) is 95.9 Å². The van der Waals surface area contributed by atoms with E-state index in [1.807, 2.05) is 30.3 Å². The monoisotopic (exact) mass is 426 g/mol. The first-order valence-electron chi connectivity index (χ1n) is 9.33. The van der Waals surface area contributed by atoms with E-state index < -0.39 is 29.6 Å². The lowest BCUT2D eigenvalue weighted by molar-refractivity contribution is -0.129. The van der Waals surface area contributed by atoms with Gasteiger partial charge in [0.05, 0.1) is 24.7 Å². The van der Waals surface area contributed by atoms with Gasteiger partial charge in [-0.15, -0.1) is 0 Å². The lowest BCUT2D eigenvalue weighted by Crippen LogP contribution is -2.45. The first-order valence-corrected chi connectivity index (χ1v) is 10.2. The van der Waals surface area contributed by atoms with Crippen LogP contribution in [-0.2, 0) is 16.0 Å². The van der Waals surface area contributed by atoms with Gasteiger partial charge in [-0.25, -0.2) is 0 Å². The first kappa shape index (κ1) is 21.6. The van der Waals surface area contributed by atoms with Gasteiger partial charge >= 0.3 is 0 Å². The molecule has 0 aromatic heterocycles. The van der Waals surface area contributed by atoms with Crippen molar-refractivity contribution in [1.29, 1.82) is 0 Å². The highest BCUT2D eigenvalue weighted by atomic mass is 32.2. The van der Waals surface area contributed by atoms with Crippen molar-refractivity contribution in [2.75, 3.05) is 20.3 Å². The van der Waals surface area contributed by atoms with E-state index in [0.717, 1.165) is 22.2 Å². The van der Waals surface area contributed by atoms with E-state index in [4.69, 9.17) is 4.74 Å². The average Bonchev–Trinajstić information content (AvgIpc) is 3.01. The molecule has 2 N–H and O–H groups in total. The van der Waals surface area contributed by atoms with Crippen LogP contribution in [0.25, 0.3) is 6.08 Å². The molecule has 2 aromatic rings. The van der Waals surface area contributed by atoms with Crippen LogP contribution >= 0.6 is 11.8 Å². The standard InChI is InChI=1S/C22H22N2O5S/c1-29-18-9-5-8-16(11-18)12-19-21(27)24(22(28)30-19)13-20(26)23-17(14-25)10-15-6-3-2-4-7-15/h2-9,11-12,17,25H,10,13-14H2,1H3,(H,23,26). The van der Waals surface area contributed by atoms with Gasteiger partial charge in [0, 0.05) is 0 Å². The number of hydrogen-bond acceptors (Lipinski definition) is 6. The zero-order valence-electron chi connectivity index (χ0n) is 16.4. The third-order valence-electron chi connectivity index (χ3n) is 4.48. The van der Waals surface area contributed by atoms with Gasteiger partial charge in [0.25, 0.3) is 11.1 Å². The molecule has 1 unspecified atom stereocenters. The highest BCUT2D eigenvalue weighted by Gasteiger charge is 2.36. The summed E-state index contributed by atoms with van der Waals surface area (Å²) in [6.07, 6.45) is 2.04. The predicted molar refractivity (Wildman–Crippen MR) is 115 cm³/mol. The number of benzene rings is 2. The van der Waals surface area contributed by atoms with Crippen LogP contribution in [0.1, 0.15) is 11.1 Å². The van der Waals surface area contributed by atoms with Crippen LogP contribution in [-0.4, -0.2) is 53.4 Å². The van der Waals surface area contributed by atoms with Gasteiger partial charge in [0.15, 0.2) is 0 Å². The SMILES string of the molecule is COc1cccc(C=C2SC(=O)N(CC(=O)NC(CO)Cc3ccccc3)C2=O)c1. The maximum atomic E-state index is 12.6. The van der Waals surface area contributed by atoms with Gasteiger partial charge < -0.3 is 15.2 Å². The van der Waals surface area contributed by atoms with Gasteiger partial charge in [0.1, 0.15) is 12.3 Å². The van der Waals surface area contributed by atoms with Crippen LogP contribution in [0, 0.1) is 0 Å². The molecule has 1 saturated heterocycles. The van der Waals surface area contributed by atoms with Gasteiger partial charge in [-0.3, -0.25) is 19.3 Å². The number of thioether (sulfide) groups is 1. The van der Waals surface area contributed by atoms with Gasteiger partial charge in [-0.1, -0.05) is 42.5 Å². The second-order valence-corrected chi connectivity index (χ2v) is 7.67. The lowest BCUT2D eigenvalue weighted by atomic mass is 10.1. The van der Waals surface area contributed by atoms with Crippen molar-refractivity contribution in [2.24, 2.45) is 0 Å². The summed E-state index contributed by atoms with van der Waals surface area (Å²) in [6.45, 7) is -0.649. The molecule has 1 atom stereocenters. The summed E-state index contributed by atoms with van der Waals surface area (Å²) in [5, 5.41) is 11.7. The number of ether oxygens (including phenoxy) is 1. The van der Waals surface area contributed by atoms with E-state index in [2.05, 4.69) is 5.32 Å². The van der Waals surface area contributed by atoms with E-state index in [0.29, 0.717) is 17.7 Å². The Balaban J connectivity index is 1.63. The van der Waals surface area contributed by atoms with Crippen LogP contribution in [0.2, 0.25) is 0 Å². The number of aliphatic hydroxyl groups excluding tert-OH is 1. The number of carbonyl (C=O) groups excluding carboxylic acids is 3. The maximum absolute atomic E-state index is 12.6. The highest BCUT2D eigenvalue weighted by molar-refractivity contribution is 8.18. The summed E-state index contributed by atoms with van der Waals surface area (Å²) in [5.74, 6) is -0.391. The normalized spacial score (nSPS) is 16.1. The molecule has 2 aromatic carbocycles. The minimum atomic E-state index is -0.522. The molecule has 8 heteroatoms. The van der Waals surface area contributed by atoms with Crippen molar-refractivity contribution < 1.29 is 24.2 Å². The quantitative estimate of drug-likeness (QED) is 0.630. The summed E-state index contributed by atoms with van der Waals surface area (Å²) in [6, 6.07) is 16.0. The molecule has 30 heavy (non-hydrogen) atoms. The van der Waals surface area contributed by atoms with Gasteiger partial charge in [-0.05, 0) is 47.5 Å². The number of imide groups is 1. The zero-order chi connectivity index (χ0) is 21.5. The smallest absolute Gasteiger partial charge is 0.294 e. The van der Waals surface area contributed by atoms with Crippen LogP contribution in [0.4, 0.5) is 4.79 Å². The molecular weight excluding hydrogens is 404 g/mol. The van der Waals surface area contributed by atoms with Gasteiger partial charge in [0.2, 0.25) is 5.91 Å². The van der Waals surface area contributed by atoms with Crippen LogP contribution in [0.5, 0.6) is 5.75 Å². The minimum Gasteiger partial charge on any atom is -0.497 e. The molecule has 0 spiro atoms. The molecule has 0 radical (unpaired) electrons. The van der Waals surface area contributed by atoms with Crippen molar-refractivity contribution in [2.45, 2.75) is 12.5 Å². The Bertz CT molecular complexity index is 961. The molecule has 3 amide bonds. The van der Waals surface area contributed by atoms with E-state index in [1.54, 1.807) is 37.5 Å². The predicted octanol–water partition coefficient (Wildman–Crippen LogP) is 2.45. The molecular formula is C22H22N2O5S. The second kappa shape index (κ2) is 10.1. The molecule has 1 aliphatic rings. The van der Waals surface area contributed by atoms with Crippen molar-refractivity contribution in [3.8, 4) is 5.75 Å².